The van der Waals surface area contributed by atoms with Gasteiger partial charge in [-0.2, -0.15) is 0 Å². The molecule has 0 aromatic heterocycles. The third-order valence-electron chi connectivity index (χ3n) is 2.97. The van der Waals surface area contributed by atoms with Gasteiger partial charge in [-0.15, -0.1) is 0 Å². The van der Waals surface area contributed by atoms with E-state index >= 15 is 0 Å². The van der Waals surface area contributed by atoms with Crippen LogP contribution in [-0.2, 0) is 11.3 Å². The van der Waals surface area contributed by atoms with Gasteiger partial charge in [-0.25, -0.2) is 9.59 Å². The van der Waals surface area contributed by atoms with Gasteiger partial charge in [0.1, 0.15) is 6.61 Å². The minimum Gasteiger partial charge on any atom is -0.478 e. The summed E-state index contributed by atoms with van der Waals surface area (Å²) in [7, 11) is 0. The standard InChI is InChI=1S/C13H16N2O4/c16-12(17)11-4-2-1-3-10(11)9-19-13(18)15-7-5-14-6-8-15/h1-4,14H,5-9H2,(H,16,17). The zero-order valence-electron chi connectivity index (χ0n) is 10.5. The Morgan fingerprint density at radius 2 is 1.95 bits per heavy atom. The molecule has 0 atom stereocenters. The maximum absolute atomic E-state index is 11.8. The van der Waals surface area contributed by atoms with Crippen LogP contribution in [0, 0.1) is 0 Å². The molecule has 1 saturated heterocycles. The van der Waals surface area contributed by atoms with Gasteiger partial charge in [0.15, 0.2) is 0 Å². The molecule has 1 heterocycles. The van der Waals surface area contributed by atoms with Gasteiger partial charge in [-0.05, 0) is 6.07 Å². The fourth-order valence-corrected chi connectivity index (χ4v) is 1.93. The molecule has 0 unspecified atom stereocenters. The lowest BCUT2D eigenvalue weighted by molar-refractivity contribution is 0.0684. The molecule has 0 bridgehead atoms. The predicted molar refractivity (Wildman–Crippen MR) is 68.0 cm³/mol. The van der Waals surface area contributed by atoms with Crippen LogP contribution in [0.15, 0.2) is 24.3 Å². The van der Waals surface area contributed by atoms with Crippen LogP contribution >= 0.6 is 0 Å². The van der Waals surface area contributed by atoms with Gasteiger partial charge in [0.05, 0.1) is 5.56 Å². The molecule has 0 radical (unpaired) electrons. The summed E-state index contributed by atoms with van der Waals surface area (Å²) in [5.41, 5.74) is 0.661. The largest absolute Gasteiger partial charge is 0.478 e. The molecule has 1 aliphatic heterocycles. The topological polar surface area (TPSA) is 78.9 Å². The summed E-state index contributed by atoms with van der Waals surface area (Å²) in [5, 5.41) is 12.2. The van der Waals surface area contributed by atoms with E-state index in [0.717, 1.165) is 13.1 Å². The van der Waals surface area contributed by atoms with Crippen LogP contribution in [0.25, 0.3) is 0 Å². The lowest BCUT2D eigenvalue weighted by Crippen LogP contribution is -2.46. The SMILES string of the molecule is O=C(O)c1ccccc1COC(=O)N1CCNCC1. The molecule has 1 fully saturated rings. The number of rotatable bonds is 3. The third-order valence-corrected chi connectivity index (χ3v) is 2.97. The Balaban J connectivity index is 1.94. The van der Waals surface area contributed by atoms with Crippen LogP contribution in [0.2, 0.25) is 0 Å². The molecule has 1 amide bonds. The quantitative estimate of drug-likeness (QED) is 0.849. The molecule has 19 heavy (non-hydrogen) atoms. The minimum atomic E-state index is -1.02. The number of nitrogens with one attached hydrogen (secondary N) is 1. The van der Waals surface area contributed by atoms with E-state index in [1.165, 1.54) is 6.07 Å². The lowest BCUT2D eigenvalue weighted by atomic mass is 10.1. The maximum Gasteiger partial charge on any atom is 0.410 e. The van der Waals surface area contributed by atoms with E-state index in [1.54, 1.807) is 23.1 Å². The zero-order chi connectivity index (χ0) is 13.7. The number of aromatic carboxylic acids is 1. The summed E-state index contributed by atoms with van der Waals surface area (Å²) >= 11 is 0. The Bertz CT molecular complexity index is 469. The zero-order valence-corrected chi connectivity index (χ0v) is 10.5. The van der Waals surface area contributed by atoms with Crippen LogP contribution in [0.3, 0.4) is 0 Å². The van der Waals surface area contributed by atoms with E-state index in [1.807, 2.05) is 0 Å². The van der Waals surface area contributed by atoms with Gasteiger partial charge in [-0.3, -0.25) is 0 Å². The van der Waals surface area contributed by atoms with Gasteiger partial charge in [0, 0.05) is 31.7 Å². The van der Waals surface area contributed by atoms with Crippen molar-refractivity contribution in [2.24, 2.45) is 0 Å². The Morgan fingerprint density at radius 3 is 2.63 bits per heavy atom. The highest BCUT2D eigenvalue weighted by atomic mass is 16.6. The van der Waals surface area contributed by atoms with Gasteiger partial charge < -0.3 is 20.1 Å². The molecule has 1 aliphatic rings. The first kappa shape index (κ1) is 13.4. The van der Waals surface area contributed by atoms with Crippen molar-refractivity contribution in [2.75, 3.05) is 26.2 Å². The Morgan fingerprint density at radius 1 is 1.26 bits per heavy atom. The summed E-state index contributed by atoms with van der Waals surface area (Å²) in [6.07, 6.45) is -0.401. The molecule has 1 aromatic rings. The molecule has 102 valence electrons. The molecular weight excluding hydrogens is 248 g/mol. The minimum absolute atomic E-state index is 0.0226. The molecule has 1 aromatic carbocycles. The number of hydrogen-bond acceptors (Lipinski definition) is 4. The molecule has 6 nitrogen and oxygen atoms in total. The van der Waals surface area contributed by atoms with Crippen LogP contribution in [-0.4, -0.2) is 48.2 Å². The van der Waals surface area contributed by atoms with Gasteiger partial charge in [0.25, 0.3) is 0 Å². The Labute approximate surface area is 111 Å². The number of piperazine rings is 1. The normalized spacial score (nSPS) is 15.1. The second kappa shape index (κ2) is 6.19. The Kier molecular flexibility index (Phi) is 4.35. The van der Waals surface area contributed by atoms with Crippen molar-refractivity contribution in [2.45, 2.75) is 6.61 Å². The summed E-state index contributed by atoms with van der Waals surface area (Å²) in [4.78, 5) is 24.4. The van der Waals surface area contributed by atoms with E-state index in [-0.39, 0.29) is 12.2 Å². The summed E-state index contributed by atoms with van der Waals surface area (Å²) in [6.45, 7) is 2.70. The first-order valence-corrected chi connectivity index (χ1v) is 6.12. The fourth-order valence-electron chi connectivity index (χ4n) is 1.93. The van der Waals surface area contributed by atoms with Crippen molar-refractivity contribution < 1.29 is 19.4 Å². The first-order valence-electron chi connectivity index (χ1n) is 6.12. The molecular formula is C13H16N2O4. The average Bonchev–Trinajstić information content (AvgIpc) is 2.46. The number of amides is 1. The monoisotopic (exact) mass is 264 g/mol. The number of nitrogens with zero attached hydrogens (tertiary/aromatic N) is 1. The van der Waals surface area contributed by atoms with E-state index < -0.39 is 12.1 Å². The lowest BCUT2D eigenvalue weighted by Gasteiger charge is -2.26. The highest BCUT2D eigenvalue weighted by Crippen LogP contribution is 2.11. The van der Waals surface area contributed by atoms with E-state index in [9.17, 15) is 9.59 Å². The summed E-state index contributed by atoms with van der Waals surface area (Å²) in [6, 6.07) is 6.51. The number of carbonyl (C=O) groups is 2. The van der Waals surface area contributed by atoms with Gasteiger partial charge in [0.2, 0.25) is 0 Å². The smallest absolute Gasteiger partial charge is 0.410 e. The van der Waals surface area contributed by atoms with Gasteiger partial charge >= 0.3 is 12.1 Å². The molecule has 6 heteroatoms. The number of hydrogen-bond donors (Lipinski definition) is 2. The van der Waals surface area contributed by atoms with Crippen LogP contribution in [0.1, 0.15) is 15.9 Å². The van der Waals surface area contributed by atoms with E-state index in [4.69, 9.17) is 9.84 Å². The van der Waals surface area contributed by atoms with Gasteiger partial charge in [-0.1, -0.05) is 18.2 Å². The number of benzene rings is 1. The second-order valence-corrected chi connectivity index (χ2v) is 4.25. The van der Waals surface area contributed by atoms with E-state index in [0.29, 0.717) is 18.7 Å². The molecule has 0 spiro atoms. The average molecular weight is 264 g/mol. The number of carboxylic acids is 1. The molecule has 0 saturated carbocycles. The van der Waals surface area contributed by atoms with Crippen LogP contribution < -0.4 is 5.32 Å². The maximum atomic E-state index is 11.8. The van der Waals surface area contributed by atoms with Crippen LogP contribution in [0.5, 0.6) is 0 Å². The second-order valence-electron chi connectivity index (χ2n) is 4.25. The van der Waals surface area contributed by atoms with Crippen LogP contribution in [0.4, 0.5) is 4.79 Å². The van der Waals surface area contributed by atoms with Crippen molar-refractivity contribution in [3.8, 4) is 0 Å². The highest BCUT2D eigenvalue weighted by Gasteiger charge is 2.18. The highest BCUT2D eigenvalue weighted by molar-refractivity contribution is 5.89. The number of ether oxygens (including phenoxy) is 1. The number of carbonyl (C=O) groups excluding carboxylic acids is 1. The van der Waals surface area contributed by atoms with Crippen molar-refractivity contribution in [1.29, 1.82) is 0 Å². The van der Waals surface area contributed by atoms with Crippen molar-refractivity contribution in [3.05, 3.63) is 35.4 Å². The summed E-state index contributed by atoms with van der Waals surface area (Å²) < 4.78 is 5.15. The third kappa shape index (κ3) is 3.45. The summed E-state index contributed by atoms with van der Waals surface area (Å²) in [5.74, 6) is -1.02. The first-order chi connectivity index (χ1) is 9.18. The van der Waals surface area contributed by atoms with Crippen molar-refractivity contribution in [3.63, 3.8) is 0 Å². The molecule has 2 N–H and O–H groups in total. The predicted octanol–water partition coefficient (Wildman–Crippen LogP) is 0.927. The van der Waals surface area contributed by atoms with Crippen molar-refractivity contribution >= 4 is 12.1 Å². The molecule has 2 rings (SSSR count). The molecule has 0 aliphatic carbocycles. The van der Waals surface area contributed by atoms with Crippen molar-refractivity contribution in [1.82, 2.24) is 10.2 Å². The Hall–Kier alpha value is -2.08. The number of carboxylic acid groups (broad SMARTS) is 1. The van der Waals surface area contributed by atoms with E-state index in [2.05, 4.69) is 5.32 Å². The fraction of sp³-hybridized carbons (Fsp3) is 0.385.